The third-order valence-corrected chi connectivity index (χ3v) is 4.72. The van der Waals surface area contributed by atoms with E-state index in [1.165, 1.54) is 35.5 Å². The van der Waals surface area contributed by atoms with Crippen LogP contribution in [0.1, 0.15) is 9.67 Å². The number of rotatable bonds is 4. The second kappa shape index (κ2) is 7.21. The zero-order chi connectivity index (χ0) is 16.3. The Kier molecular flexibility index (Phi) is 5.54. The first-order valence-electron chi connectivity index (χ1n) is 6.05. The quantitative estimate of drug-likeness (QED) is 0.754. The topological polar surface area (TPSA) is 82.3 Å². The van der Waals surface area contributed by atoms with E-state index in [4.69, 9.17) is 0 Å². The molecule has 22 heavy (non-hydrogen) atoms. The van der Waals surface area contributed by atoms with E-state index in [2.05, 4.69) is 42.2 Å². The van der Waals surface area contributed by atoms with Gasteiger partial charge in [-0.05, 0) is 50.1 Å². The fourth-order valence-electron chi connectivity index (χ4n) is 1.64. The SMILES string of the molecule is CN(CC(=O)Nc1cc(Br)c[nH]c1=O)C(=O)c1ccc(Br)s1. The van der Waals surface area contributed by atoms with Crippen molar-refractivity contribution in [1.29, 1.82) is 0 Å². The van der Waals surface area contributed by atoms with E-state index in [0.717, 1.165) is 3.79 Å². The summed E-state index contributed by atoms with van der Waals surface area (Å²) in [4.78, 5) is 39.9. The van der Waals surface area contributed by atoms with Gasteiger partial charge in [-0.3, -0.25) is 14.4 Å². The molecule has 0 spiro atoms. The molecule has 9 heteroatoms. The summed E-state index contributed by atoms with van der Waals surface area (Å²) in [5.41, 5.74) is -0.285. The smallest absolute Gasteiger partial charge is 0.271 e. The second-order valence-corrected chi connectivity index (χ2v) is 7.75. The molecule has 0 saturated carbocycles. The number of hydrogen-bond donors (Lipinski definition) is 2. The van der Waals surface area contributed by atoms with Gasteiger partial charge in [-0.25, -0.2) is 0 Å². The molecule has 2 aromatic heterocycles. The molecule has 0 atom stereocenters. The second-order valence-electron chi connectivity index (χ2n) is 4.37. The van der Waals surface area contributed by atoms with E-state index in [-0.39, 0.29) is 18.1 Å². The number of nitrogens with one attached hydrogen (secondary N) is 2. The summed E-state index contributed by atoms with van der Waals surface area (Å²) in [5.74, 6) is -0.705. The molecule has 6 nitrogen and oxygen atoms in total. The summed E-state index contributed by atoms with van der Waals surface area (Å²) in [6.45, 7) is -0.152. The molecule has 2 amide bonds. The first kappa shape index (κ1) is 16.9. The number of aromatic amines is 1. The number of anilines is 1. The zero-order valence-corrected chi connectivity index (χ0v) is 15.3. The Morgan fingerprint density at radius 1 is 1.36 bits per heavy atom. The highest BCUT2D eigenvalue weighted by Gasteiger charge is 2.17. The van der Waals surface area contributed by atoms with Gasteiger partial charge < -0.3 is 15.2 Å². The van der Waals surface area contributed by atoms with E-state index < -0.39 is 11.5 Å². The van der Waals surface area contributed by atoms with Crippen molar-refractivity contribution in [2.75, 3.05) is 18.9 Å². The summed E-state index contributed by atoms with van der Waals surface area (Å²) in [6, 6.07) is 4.95. The maximum Gasteiger partial charge on any atom is 0.271 e. The van der Waals surface area contributed by atoms with Crippen molar-refractivity contribution in [3.63, 3.8) is 0 Å². The van der Waals surface area contributed by atoms with Crippen LogP contribution in [0, 0.1) is 0 Å². The van der Waals surface area contributed by atoms with Crippen molar-refractivity contribution in [1.82, 2.24) is 9.88 Å². The average Bonchev–Trinajstić information content (AvgIpc) is 2.88. The number of thiophene rings is 1. The summed E-state index contributed by atoms with van der Waals surface area (Å²) in [5, 5.41) is 2.48. The van der Waals surface area contributed by atoms with Crippen LogP contribution < -0.4 is 10.9 Å². The number of aromatic nitrogens is 1. The Morgan fingerprint density at radius 2 is 2.09 bits per heavy atom. The average molecular weight is 449 g/mol. The lowest BCUT2D eigenvalue weighted by atomic mass is 10.3. The van der Waals surface area contributed by atoms with Crippen LogP contribution in [0.5, 0.6) is 0 Å². The third-order valence-electron chi connectivity index (χ3n) is 2.65. The van der Waals surface area contributed by atoms with Crippen molar-refractivity contribution < 1.29 is 9.59 Å². The van der Waals surface area contributed by atoms with Crippen LogP contribution in [0.15, 0.2) is 37.4 Å². The van der Waals surface area contributed by atoms with E-state index >= 15 is 0 Å². The predicted octanol–water partition coefficient (Wildman–Crippen LogP) is 2.67. The Hall–Kier alpha value is -1.45. The van der Waals surface area contributed by atoms with Crippen LogP contribution in [-0.2, 0) is 4.79 Å². The Morgan fingerprint density at radius 3 is 2.73 bits per heavy atom. The highest BCUT2D eigenvalue weighted by Crippen LogP contribution is 2.23. The first-order chi connectivity index (χ1) is 10.4. The maximum atomic E-state index is 12.1. The van der Waals surface area contributed by atoms with Crippen LogP contribution in [0.25, 0.3) is 0 Å². The van der Waals surface area contributed by atoms with Gasteiger partial charge in [0.15, 0.2) is 0 Å². The lowest BCUT2D eigenvalue weighted by Gasteiger charge is -2.15. The van der Waals surface area contributed by atoms with Crippen LogP contribution >= 0.6 is 43.2 Å². The number of likely N-dealkylation sites (N-methyl/N-ethyl adjacent to an activating group) is 1. The minimum Gasteiger partial charge on any atom is -0.332 e. The fraction of sp³-hybridized carbons (Fsp3) is 0.154. The molecule has 0 radical (unpaired) electrons. The van der Waals surface area contributed by atoms with E-state index in [1.807, 2.05) is 0 Å². The standard InChI is InChI=1S/C13H11Br2N3O3S/c1-18(13(21)9-2-3-10(15)22-9)6-11(19)17-8-4-7(14)5-16-12(8)20/h2-5H,6H2,1H3,(H,16,20)(H,17,19). The molecule has 2 N–H and O–H groups in total. The highest BCUT2D eigenvalue weighted by atomic mass is 79.9. The molecule has 0 aliphatic heterocycles. The molecule has 0 unspecified atom stereocenters. The number of H-pyrrole nitrogens is 1. The van der Waals surface area contributed by atoms with Gasteiger partial charge in [-0.2, -0.15) is 0 Å². The van der Waals surface area contributed by atoms with Gasteiger partial charge in [0.25, 0.3) is 11.5 Å². The fourth-order valence-corrected chi connectivity index (χ4v) is 3.37. The minimum atomic E-state index is -0.449. The number of carbonyl (C=O) groups excluding carboxylic acids is 2. The van der Waals surface area contributed by atoms with Gasteiger partial charge in [-0.15, -0.1) is 11.3 Å². The molecule has 116 valence electrons. The van der Waals surface area contributed by atoms with Gasteiger partial charge in [0.2, 0.25) is 5.91 Å². The lowest BCUT2D eigenvalue weighted by Crippen LogP contribution is -2.35. The summed E-state index contributed by atoms with van der Waals surface area (Å²) in [6.07, 6.45) is 1.47. The van der Waals surface area contributed by atoms with Gasteiger partial charge in [0.1, 0.15) is 5.69 Å². The van der Waals surface area contributed by atoms with E-state index in [0.29, 0.717) is 9.35 Å². The molecule has 0 fully saturated rings. The molecule has 0 aliphatic carbocycles. The van der Waals surface area contributed by atoms with Crippen molar-refractivity contribution >= 4 is 60.7 Å². The van der Waals surface area contributed by atoms with Crippen molar-refractivity contribution in [3.8, 4) is 0 Å². The monoisotopic (exact) mass is 447 g/mol. The summed E-state index contributed by atoms with van der Waals surface area (Å²) < 4.78 is 1.48. The van der Waals surface area contributed by atoms with Crippen molar-refractivity contribution in [2.24, 2.45) is 0 Å². The molecular formula is C13H11Br2N3O3S. The van der Waals surface area contributed by atoms with Gasteiger partial charge in [-0.1, -0.05) is 0 Å². The van der Waals surface area contributed by atoms with Crippen LogP contribution in [0.3, 0.4) is 0 Å². The molecule has 2 aromatic rings. The normalized spacial score (nSPS) is 10.3. The predicted molar refractivity (Wildman–Crippen MR) is 92.4 cm³/mol. The molecule has 0 saturated heterocycles. The zero-order valence-electron chi connectivity index (χ0n) is 11.4. The number of halogens is 2. The Balaban J connectivity index is 2.01. The minimum absolute atomic E-state index is 0.124. The van der Waals surface area contributed by atoms with Crippen LogP contribution in [-0.4, -0.2) is 35.3 Å². The number of nitrogens with zero attached hydrogens (tertiary/aromatic N) is 1. The Labute approximate surface area is 146 Å². The number of pyridine rings is 1. The molecule has 2 heterocycles. The van der Waals surface area contributed by atoms with Gasteiger partial charge in [0.05, 0.1) is 15.2 Å². The lowest BCUT2D eigenvalue weighted by molar-refractivity contribution is -0.116. The van der Waals surface area contributed by atoms with Crippen molar-refractivity contribution in [3.05, 3.63) is 47.9 Å². The molecule has 0 bridgehead atoms. The Bertz CT molecular complexity index is 772. The van der Waals surface area contributed by atoms with Gasteiger partial charge >= 0.3 is 0 Å². The third kappa shape index (κ3) is 4.28. The number of hydrogen-bond acceptors (Lipinski definition) is 4. The van der Waals surface area contributed by atoms with Crippen molar-refractivity contribution in [2.45, 2.75) is 0 Å². The highest BCUT2D eigenvalue weighted by molar-refractivity contribution is 9.11. The van der Waals surface area contributed by atoms with Crippen LogP contribution in [0.4, 0.5) is 5.69 Å². The van der Waals surface area contributed by atoms with Gasteiger partial charge in [0, 0.05) is 17.7 Å². The number of amides is 2. The molecular weight excluding hydrogens is 438 g/mol. The molecule has 0 aromatic carbocycles. The first-order valence-corrected chi connectivity index (χ1v) is 8.46. The largest absolute Gasteiger partial charge is 0.332 e. The van der Waals surface area contributed by atoms with E-state index in [9.17, 15) is 14.4 Å². The summed E-state index contributed by atoms with van der Waals surface area (Å²) in [7, 11) is 1.53. The maximum absolute atomic E-state index is 12.1. The summed E-state index contributed by atoms with van der Waals surface area (Å²) >= 11 is 7.78. The molecule has 2 rings (SSSR count). The van der Waals surface area contributed by atoms with E-state index in [1.54, 1.807) is 12.1 Å². The molecule has 0 aliphatic rings. The number of carbonyl (C=O) groups is 2. The van der Waals surface area contributed by atoms with Crippen LogP contribution in [0.2, 0.25) is 0 Å².